The molecule has 0 saturated carbocycles. The van der Waals surface area contributed by atoms with Crippen LogP contribution in [0.3, 0.4) is 0 Å². The van der Waals surface area contributed by atoms with Gasteiger partial charge in [-0.15, -0.1) is 11.3 Å². The van der Waals surface area contributed by atoms with Crippen LogP contribution in [0.2, 0.25) is 4.34 Å². The van der Waals surface area contributed by atoms with Crippen molar-refractivity contribution in [1.29, 1.82) is 0 Å². The van der Waals surface area contributed by atoms with Gasteiger partial charge in [-0.1, -0.05) is 18.5 Å². The molecule has 4 rings (SSSR count). The molecule has 10 nitrogen and oxygen atoms in total. The number of hydrogen-bond acceptors (Lipinski definition) is 8. The molecule has 1 saturated heterocycles. The molecule has 0 radical (unpaired) electrons. The van der Waals surface area contributed by atoms with Gasteiger partial charge < -0.3 is 15.5 Å². The van der Waals surface area contributed by atoms with Crippen molar-refractivity contribution in [1.82, 2.24) is 19.6 Å². The lowest BCUT2D eigenvalue weighted by molar-refractivity contribution is -0.118. The summed E-state index contributed by atoms with van der Waals surface area (Å²) in [6.07, 6.45) is 2.93. The summed E-state index contributed by atoms with van der Waals surface area (Å²) in [7, 11) is -1.04. The van der Waals surface area contributed by atoms with Crippen LogP contribution in [0.4, 0.5) is 15.9 Å². The number of carbonyl (C=O) groups excluding carboxylic acids is 2. The van der Waals surface area contributed by atoms with E-state index in [0.29, 0.717) is 10.0 Å². The van der Waals surface area contributed by atoms with Crippen LogP contribution in [0.1, 0.15) is 40.2 Å². The molecule has 3 aromatic rings. The fraction of sp³-hybridized carbons (Fsp3) is 0.360. The van der Waals surface area contributed by atoms with Crippen molar-refractivity contribution >= 4 is 56.3 Å². The van der Waals surface area contributed by atoms with Crippen molar-refractivity contribution in [3.05, 3.63) is 69.0 Å². The zero-order valence-corrected chi connectivity index (χ0v) is 23.9. The van der Waals surface area contributed by atoms with Crippen LogP contribution < -0.4 is 15.4 Å². The minimum atomic E-state index is -4.14. The molecule has 39 heavy (non-hydrogen) atoms. The smallest absolute Gasteiger partial charge is 0.253 e. The van der Waals surface area contributed by atoms with Crippen molar-refractivity contribution in [2.75, 3.05) is 31.3 Å². The average Bonchev–Trinajstić information content (AvgIpc) is 3.47. The van der Waals surface area contributed by atoms with E-state index >= 15 is 0 Å². The fourth-order valence-electron chi connectivity index (χ4n) is 4.47. The van der Waals surface area contributed by atoms with E-state index in [1.165, 1.54) is 45.7 Å². The minimum absolute atomic E-state index is 0.0255. The lowest BCUT2D eigenvalue weighted by atomic mass is 10.0. The molecule has 208 valence electrons. The van der Waals surface area contributed by atoms with Crippen molar-refractivity contribution < 1.29 is 22.4 Å². The number of sulfonamides is 1. The summed E-state index contributed by atoms with van der Waals surface area (Å²) in [5.41, 5.74) is 6.38. The highest BCUT2D eigenvalue weighted by atomic mass is 35.5. The highest BCUT2D eigenvalue weighted by Gasteiger charge is 2.41. The molecule has 0 bridgehead atoms. The van der Waals surface area contributed by atoms with Gasteiger partial charge in [0.25, 0.3) is 5.91 Å². The molecule has 2 aromatic heterocycles. The molecule has 0 aliphatic carbocycles. The van der Waals surface area contributed by atoms with E-state index in [2.05, 4.69) is 14.7 Å². The SMILES string of the molecule is C[C@H](c1ccc(Cl)s1)[C@H](Cc1nccnc1N)S(=O)(=O)N[C@H]1CCN(c2ccc(C(=O)N(C)C)cc2F)C1=O. The quantitative estimate of drug-likeness (QED) is 0.388. The van der Waals surface area contributed by atoms with E-state index in [-0.39, 0.29) is 42.4 Å². The monoisotopic (exact) mass is 594 g/mol. The standard InChI is InChI=1S/C25H28ClFN6O4S2/c1-14(20-6-7-22(26)38-20)21(13-18-23(28)30-10-9-29-18)39(36,37)31-17-8-11-33(25(17)35)19-5-4-15(12-16(19)27)24(34)32(2)3/h4-7,9-10,12,14,17,21,31H,8,11,13H2,1-3H3,(H2,28,30)/t14-,17+,21+/m1/s1. The number of nitrogens with one attached hydrogen (secondary N) is 1. The third kappa shape index (κ3) is 6.21. The van der Waals surface area contributed by atoms with Gasteiger partial charge in [-0.25, -0.2) is 22.5 Å². The summed E-state index contributed by atoms with van der Waals surface area (Å²) < 4.78 is 45.5. The third-order valence-corrected chi connectivity index (χ3v) is 10.0. The van der Waals surface area contributed by atoms with Gasteiger partial charge in [0.2, 0.25) is 15.9 Å². The molecule has 0 unspecified atom stereocenters. The van der Waals surface area contributed by atoms with E-state index < -0.39 is 39.0 Å². The second-order valence-corrected chi connectivity index (χ2v) is 13.1. The number of hydrogen-bond donors (Lipinski definition) is 2. The Morgan fingerprint density at radius 2 is 2.00 bits per heavy atom. The number of thiophene rings is 1. The number of nitrogen functional groups attached to an aromatic ring is 1. The summed E-state index contributed by atoms with van der Waals surface area (Å²) in [5.74, 6) is -2.13. The van der Waals surface area contributed by atoms with Gasteiger partial charge in [-0.2, -0.15) is 0 Å². The van der Waals surface area contributed by atoms with Crippen LogP contribution in [-0.4, -0.2) is 67.0 Å². The molecule has 3 heterocycles. The predicted octanol–water partition coefficient (Wildman–Crippen LogP) is 3.05. The van der Waals surface area contributed by atoms with E-state index in [9.17, 15) is 22.4 Å². The fourth-order valence-corrected chi connectivity index (χ4v) is 7.58. The largest absolute Gasteiger partial charge is 0.382 e. The lowest BCUT2D eigenvalue weighted by Gasteiger charge is -2.25. The van der Waals surface area contributed by atoms with Crippen LogP contribution in [-0.2, 0) is 21.2 Å². The molecule has 0 spiro atoms. The number of carbonyl (C=O) groups is 2. The number of rotatable bonds is 9. The van der Waals surface area contributed by atoms with E-state index in [1.807, 2.05) is 0 Å². The number of aromatic nitrogens is 2. The Hall–Kier alpha value is -3.13. The Bertz CT molecular complexity index is 1500. The minimum Gasteiger partial charge on any atom is -0.382 e. The molecule has 1 aliphatic rings. The maximum absolute atomic E-state index is 14.9. The van der Waals surface area contributed by atoms with Crippen LogP contribution in [0.5, 0.6) is 0 Å². The van der Waals surface area contributed by atoms with Crippen molar-refractivity contribution in [3.63, 3.8) is 0 Å². The average molecular weight is 595 g/mol. The van der Waals surface area contributed by atoms with Gasteiger partial charge in [0.15, 0.2) is 0 Å². The number of amides is 2. The summed E-state index contributed by atoms with van der Waals surface area (Å²) in [5, 5.41) is -1.05. The van der Waals surface area contributed by atoms with Crippen LogP contribution in [0.15, 0.2) is 42.7 Å². The molecule has 3 atom stereocenters. The van der Waals surface area contributed by atoms with Gasteiger partial charge in [-0.05, 0) is 36.8 Å². The molecule has 3 N–H and O–H groups in total. The molecule has 14 heteroatoms. The molecule has 2 amide bonds. The van der Waals surface area contributed by atoms with Crippen molar-refractivity contribution in [2.45, 2.75) is 37.0 Å². The van der Waals surface area contributed by atoms with Crippen LogP contribution >= 0.6 is 22.9 Å². The predicted molar refractivity (Wildman–Crippen MR) is 149 cm³/mol. The first kappa shape index (κ1) is 28.9. The Kier molecular flexibility index (Phi) is 8.54. The van der Waals surface area contributed by atoms with Crippen molar-refractivity contribution in [3.8, 4) is 0 Å². The molecule has 1 fully saturated rings. The van der Waals surface area contributed by atoms with Gasteiger partial charge in [0.05, 0.1) is 21.0 Å². The third-order valence-electron chi connectivity index (χ3n) is 6.60. The van der Waals surface area contributed by atoms with Gasteiger partial charge >= 0.3 is 0 Å². The van der Waals surface area contributed by atoms with Gasteiger partial charge in [-0.3, -0.25) is 14.6 Å². The first-order chi connectivity index (χ1) is 18.4. The Labute approximate surface area is 235 Å². The van der Waals surface area contributed by atoms with E-state index in [0.717, 1.165) is 10.9 Å². The number of benzene rings is 1. The number of anilines is 2. The number of nitrogens with two attached hydrogens (primary N) is 1. The number of nitrogens with zero attached hydrogens (tertiary/aromatic N) is 4. The van der Waals surface area contributed by atoms with Crippen molar-refractivity contribution in [2.24, 2.45) is 0 Å². The second-order valence-electron chi connectivity index (χ2n) is 9.42. The zero-order chi connectivity index (χ0) is 28.5. The molecular weight excluding hydrogens is 567 g/mol. The maximum atomic E-state index is 14.9. The van der Waals surface area contributed by atoms with Crippen LogP contribution in [0, 0.1) is 5.82 Å². The Balaban J connectivity index is 1.58. The normalized spacial score (nSPS) is 17.3. The first-order valence-electron chi connectivity index (χ1n) is 12.0. The number of halogens is 2. The summed E-state index contributed by atoms with van der Waals surface area (Å²) in [6.45, 7) is 1.86. The second kappa shape index (κ2) is 11.5. The van der Waals surface area contributed by atoms with E-state index in [1.54, 1.807) is 33.2 Å². The highest BCUT2D eigenvalue weighted by molar-refractivity contribution is 7.90. The summed E-state index contributed by atoms with van der Waals surface area (Å²) in [4.78, 5) is 36.9. The molecule has 1 aromatic carbocycles. The molecular formula is C25H28ClFN6O4S2. The molecule has 1 aliphatic heterocycles. The van der Waals surface area contributed by atoms with Crippen LogP contribution in [0.25, 0.3) is 0 Å². The van der Waals surface area contributed by atoms with Gasteiger partial charge in [0.1, 0.15) is 17.7 Å². The first-order valence-corrected chi connectivity index (χ1v) is 14.8. The Morgan fingerprint density at radius 3 is 2.62 bits per heavy atom. The van der Waals surface area contributed by atoms with Gasteiger partial charge in [0, 0.05) is 55.8 Å². The van der Waals surface area contributed by atoms with E-state index in [4.69, 9.17) is 17.3 Å². The summed E-state index contributed by atoms with van der Waals surface area (Å²) >= 11 is 7.37. The zero-order valence-electron chi connectivity index (χ0n) is 21.5. The highest BCUT2D eigenvalue weighted by Crippen LogP contribution is 2.34. The topological polar surface area (TPSA) is 139 Å². The Morgan fingerprint density at radius 1 is 1.28 bits per heavy atom. The summed E-state index contributed by atoms with van der Waals surface area (Å²) in [6, 6.07) is 6.20. The lowest BCUT2D eigenvalue weighted by Crippen LogP contribution is -2.47. The maximum Gasteiger partial charge on any atom is 0.253 e.